The average Bonchev–Trinajstić information content (AvgIpc) is 3.64. The molecule has 1 aliphatic heterocycles. The Hall–Kier alpha value is -5.21. The minimum absolute atomic E-state index is 0.0722. The summed E-state index contributed by atoms with van der Waals surface area (Å²) >= 11 is 0. The van der Waals surface area contributed by atoms with Gasteiger partial charge in [-0.3, -0.25) is 4.90 Å². The Labute approximate surface area is 254 Å². The van der Waals surface area contributed by atoms with Crippen LogP contribution >= 0.6 is 0 Å². The van der Waals surface area contributed by atoms with Crippen molar-refractivity contribution in [2.45, 2.75) is 33.2 Å². The molecule has 0 unspecified atom stereocenters. The molecule has 5 aromatic rings. The second-order valence-corrected chi connectivity index (χ2v) is 10.8. The third-order valence-corrected chi connectivity index (χ3v) is 8.03. The van der Waals surface area contributed by atoms with Gasteiger partial charge in [-0.2, -0.15) is 5.26 Å². The molecule has 1 saturated heterocycles. The fourth-order valence-electron chi connectivity index (χ4n) is 5.56. The first-order valence-corrected chi connectivity index (χ1v) is 14.5. The maximum absolute atomic E-state index is 14.3. The molecule has 6 rings (SSSR count). The molecule has 0 aliphatic carbocycles. The van der Waals surface area contributed by atoms with E-state index < -0.39 is 11.8 Å². The number of ether oxygens (including phenoxy) is 1. The van der Waals surface area contributed by atoms with Crippen molar-refractivity contribution in [2.75, 3.05) is 31.1 Å². The van der Waals surface area contributed by atoms with E-state index in [0.717, 1.165) is 61.0 Å². The van der Waals surface area contributed by atoms with E-state index in [1.54, 1.807) is 36.7 Å². The van der Waals surface area contributed by atoms with E-state index in [1.165, 1.54) is 6.07 Å². The summed E-state index contributed by atoms with van der Waals surface area (Å²) in [4.78, 5) is 25.6. The van der Waals surface area contributed by atoms with Gasteiger partial charge in [-0.25, -0.2) is 19.2 Å². The monoisotopic (exact) mass is 593 g/mol. The first-order valence-electron chi connectivity index (χ1n) is 14.5. The number of carboxylic acids is 1. The van der Waals surface area contributed by atoms with Crippen LogP contribution in [0, 0.1) is 17.1 Å². The van der Waals surface area contributed by atoms with Crippen LogP contribution in [0.5, 0.6) is 5.75 Å². The van der Waals surface area contributed by atoms with Crippen LogP contribution in [-0.2, 0) is 26.2 Å². The highest BCUT2D eigenvalue weighted by molar-refractivity contribution is 5.92. The summed E-state index contributed by atoms with van der Waals surface area (Å²) in [5.41, 5.74) is 4.53. The summed E-state index contributed by atoms with van der Waals surface area (Å²) < 4.78 is 24.4. The van der Waals surface area contributed by atoms with Crippen LogP contribution in [0.1, 0.15) is 39.9 Å². The van der Waals surface area contributed by atoms with Crippen LogP contribution in [-0.4, -0.2) is 61.3 Å². The molecule has 0 bridgehead atoms. The highest BCUT2D eigenvalue weighted by Crippen LogP contribution is 2.25. The van der Waals surface area contributed by atoms with Gasteiger partial charge in [0, 0.05) is 56.2 Å². The minimum atomic E-state index is -0.966. The summed E-state index contributed by atoms with van der Waals surface area (Å²) in [6.07, 6.45) is 3.65. The Balaban J connectivity index is 1.14. The second-order valence-electron chi connectivity index (χ2n) is 10.8. The number of nitrogens with zero attached hydrogens (tertiary/aromatic N) is 7. The van der Waals surface area contributed by atoms with Crippen molar-refractivity contribution >= 4 is 22.7 Å². The van der Waals surface area contributed by atoms with Gasteiger partial charge in [0.05, 0.1) is 53.3 Å². The van der Waals surface area contributed by atoms with Crippen molar-refractivity contribution in [3.63, 3.8) is 0 Å². The smallest absolute Gasteiger partial charge is 0.335 e. The van der Waals surface area contributed by atoms with Crippen LogP contribution in [0.4, 0.5) is 10.1 Å². The molecule has 1 N–H and O–H groups in total. The average molecular weight is 594 g/mol. The number of aryl methyl sites for hydroxylation is 1. The molecule has 0 saturated carbocycles. The number of piperazine rings is 1. The van der Waals surface area contributed by atoms with E-state index >= 15 is 0 Å². The highest BCUT2D eigenvalue weighted by atomic mass is 19.1. The molecule has 10 nitrogen and oxygen atoms in total. The summed E-state index contributed by atoms with van der Waals surface area (Å²) in [6, 6.07) is 19.2. The lowest BCUT2D eigenvalue weighted by Crippen LogP contribution is -2.46. The van der Waals surface area contributed by atoms with Gasteiger partial charge in [-0.15, -0.1) is 0 Å². The predicted molar refractivity (Wildman–Crippen MR) is 163 cm³/mol. The maximum Gasteiger partial charge on any atom is 0.335 e. The molecular formula is C33H32FN7O3. The number of hydrogen-bond donors (Lipinski definition) is 1. The van der Waals surface area contributed by atoms with Crippen molar-refractivity contribution < 1.29 is 19.0 Å². The normalized spacial score (nSPS) is 13.7. The van der Waals surface area contributed by atoms with Crippen molar-refractivity contribution in [1.29, 1.82) is 5.26 Å². The number of hydrogen-bond acceptors (Lipinski definition) is 7. The number of carbonyl (C=O) groups is 1. The Morgan fingerprint density at radius 1 is 1.07 bits per heavy atom. The number of carboxylic acid groups (broad SMARTS) is 1. The quantitative estimate of drug-likeness (QED) is 0.243. The Bertz CT molecular complexity index is 1850. The van der Waals surface area contributed by atoms with Crippen LogP contribution in [0.2, 0.25) is 0 Å². The molecule has 11 heteroatoms. The molecule has 3 heterocycles. The summed E-state index contributed by atoms with van der Waals surface area (Å²) in [5, 5.41) is 18.6. The van der Waals surface area contributed by atoms with Gasteiger partial charge in [0.2, 0.25) is 0 Å². The number of fused-ring (bicyclic) bond motifs is 1. The topological polar surface area (TPSA) is 112 Å². The predicted octanol–water partition coefficient (Wildman–Crippen LogP) is 4.91. The van der Waals surface area contributed by atoms with E-state index in [-0.39, 0.29) is 17.7 Å². The molecule has 3 aromatic carbocycles. The van der Waals surface area contributed by atoms with Crippen molar-refractivity contribution in [3.8, 4) is 11.8 Å². The van der Waals surface area contributed by atoms with Gasteiger partial charge in [0.25, 0.3) is 0 Å². The first-order chi connectivity index (χ1) is 21.4. The Morgan fingerprint density at radius 3 is 2.66 bits per heavy atom. The molecule has 1 fully saturated rings. The standard InChI is InChI=1S/C33H32FN7O3/c1-2-39-22-36-18-27(39)19-41-31-15-24(33(42)43)8-9-30(31)37-32(41)20-38-10-12-40(13-11-38)26-4-3-5-28(16-26)44-21-25-7-6-23(17-35)14-29(25)34/h3-9,14-16,18,22H,2,10-13,19-21H2,1H3,(H,42,43). The third kappa shape index (κ3) is 6.11. The molecule has 0 spiro atoms. The number of aromatic nitrogens is 4. The molecule has 44 heavy (non-hydrogen) atoms. The third-order valence-electron chi connectivity index (χ3n) is 8.03. The van der Waals surface area contributed by atoms with E-state index in [9.17, 15) is 14.3 Å². The number of rotatable bonds is 10. The van der Waals surface area contributed by atoms with Gasteiger partial charge >= 0.3 is 5.97 Å². The Kier molecular flexibility index (Phi) is 8.25. The van der Waals surface area contributed by atoms with Gasteiger partial charge < -0.3 is 23.9 Å². The van der Waals surface area contributed by atoms with Gasteiger partial charge in [-0.05, 0) is 49.4 Å². The van der Waals surface area contributed by atoms with Gasteiger partial charge in [-0.1, -0.05) is 12.1 Å². The van der Waals surface area contributed by atoms with Crippen molar-refractivity contribution in [2.24, 2.45) is 0 Å². The summed E-state index contributed by atoms with van der Waals surface area (Å²) in [5.74, 6) is 0.106. The molecule has 1 aliphatic rings. The SMILES string of the molecule is CCn1cncc1Cn1c(CN2CCN(c3cccc(OCc4ccc(C#N)cc4F)c3)CC2)nc2ccc(C(=O)O)cc21. The molecule has 0 atom stereocenters. The summed E-state index contributed by atoms with van der Waals surface area (Å²) in [6.45, 7) is 7.35. The van der Waals surface area contributed by atoms with E-state index in [4.69, 9.17) is 15.0 Å². The van der Waals surface area contributed by atoms with Crippen molar-refractivity contribution in [1.82, 2.24) is 24.0 Å². The highest BCUT2D eigenvalue weighted by Gasteiger charge is 2.22. The van der Waals surface area contributed by atoms with E-state index in [1.807, 2.05) is 36.5 Å². The zero-order chi connectivity index (χ0) is 30.6. The van der Waals surface area contributed by atoms with Gasteiger partial charge in [0.1, 0.15) is 24.0 Å². The number of halogens is 1. The van der Waals surface area contributed by atoms with Crippen LogP contribution in [0.3, 0.4) is 0 Å². The second kappa shape index (κ2) is 12.6. The minimum Gasteiger partial charge on any atom is -0.489 e. The van der Waals surface area contributed by atoms with Gasteiger partial charge in [0.15, 0.2) is 0 Å². The zero-order valence-corrected chi connectivity index (χ0v) is 24.4. The molecule has 224 valence electrons. The van der Waals surface area contributed by atoms with Crippen LogP contribution in [0.25, 0.3) is 11.0 Å². The summed E-state index contributed by atoms with van der Waals surface area (Å²) in [7, 11) is 0. The lowest BCUT2D eigenvalue weighted by Gasteiger charge is -2.36. The molecule has 0 amide bonds. The number of aromatic carboxylic acids is 1. The number of anilines is 1. The van der Waals surface area contributed by atoms with E-state index in [2.05, 4.69) is 30.8 Å². The molecule has 0 radical (unpaired) electrons. The number of benzene rings is 3. The fourth-order valence-corrected chi connectivity index (χ4v) is 5.56. The molecular weight excluding hydrogens is 561 g/mol. The lowest BCUT2D eigenvalue weighted by molar-refractivity contribution is 0.0697. The molecule has 2 aromatic heterocycles. The zero-order valence-electron chi connectivity index (χ0n) is 24.4. The number of imidazole rings is 2. The largest absolute Gasteiger partial charge is 0.489 e. The fraction of sp³-hybridized carbons (Fsp3) is 0.273. The van der Waals surface area contributed by atoms with Crippen molar-refractivity contribution in [3.05, 3.63) is 107 Å². The number of nitriles is 1. The lowest BCUT2D eigenvalue weighted by atomic mass is 10.1. The van der Waals surface area contributed by atoms with E-state index in [0.29, 0.717) is 24.4 Å². The first kappa shape index (κ1) is 28.9. The maximum atomic E-state index is 14.3. The van der Waals surface area contributed by atoms with Crippen LogP contribution in [0.15, 0.2) is 73.2 Å². The Morgan fingerprint density at radius 2 is 1.91 bits per heavy atom. The van der Waals surface area contributed by atoms with Crippen LogP contribution < -0.4 is 9.64 Å².